The minimum atomic E-state index is -0.172. The van der Waals surface area contributed by atoms with Gasteiger partial charge in [0.15, 0.2) is 0 Å². The summed E-state index contributed by atoms with van der Waals surface area (Å²) in [5, 5.41) is 5.65. The molecule has 2 aromatic rings. The van der Waals surface area contributed by atoms with E-state index in [2.05, 4.69) is 10.6 Å². The van der Waals surface area contributed by atoms with Crippen LogP contribution in [0.25, 0.3) is 0 Å². The zero-order valence-electron chi connectivity index (χ0n) is 15.0. The highest BCUT2D eigenvalue weighted by atomic mass is 16.5. The minimum absolute atomic E-state index is 0.120. The zero-order chi connectivity index (χ0) is 18.8. The van der Waals surface area contributed by atoms with Crippen LogP contribution in [0.2, 0.25) is 0 Å². The summed E-state index contributed by atoms with van der Waals surface area (Å²) in [4.78, 5) is 24.3. The van der Waals surface area contributed by atoms with Gasteiger partial charge in [-0.2, -0.15) is 0 Å². The van der Waals surface area contributed by atoms with Crippen molar-refractivity contribution < 1.29 is 14.3 Å². The highest BCUT2D eigenvalue weighted by Gasteiger charge is 2.08. The van der Waals surface area contributed by atoms with Gasteiger partial charge >= 0.3 is 0 Å². The summed E-state index contributed by atoms with van der Waals surface area (Å²) >= 11 is 0. The number of carbonyl (C=O) groups excluding carboxylic acids is 2. The maximum Gasteiger partial charge on any atom is 0.251 e. The third-order valence-corrected chi connectivity index (χ3v) is 3.90. The minimum Gasteiger partial charge on any atom is -0.399 e. The van der Waals surface area contributed by atoms with E-state index < -0.39 is 0 Å². The fourth-order valence-electron chi connectivity index (χ4n) is 2.49. The van der Waals surface area contributed by atoms with Gasteiger partial charge in [-0.25, -0.2) is 0 Å². The van der Waals surface area contributed by atoms with Gasteiger partial charge in [0.1, 0.15) is 0 Å². The summed E-state index contributed by atoms with van der Waals surface area (Å²) in [6.07, 6.45) is 1.64. The predicted octanol–water partition coefficient (Wildman–Crippen LogP) is 2.61. The second kappa shape index (κ2) is 10.2. The lowest BCUT2D eigenvalue weighted by Crippen LogP contribution is -2.25. The van der Waals surface area contributed by atoms with Crippen LogP contribution in [-0.4, -0.2) is 32.1 Å². The van der Waals surface area contributed by atoms with E-state index in [9.17, 15) is 9.59 Å². The van der Waals surface area contributed by atoms with Gasteiger partial charge in [-0.3, -0.25) is 9.59 Å². The van der Waals surface area contributed by atoms with Gasteiger partial charge in [0.25, 0.3) is 5.91 Å². The lowest BCUT2D eigenvalue weighted by atomic mass is 10.1. The van der Waals surface area contributed by atoms with E-state index >= 15 is 0 Å². The Kier molecular flexibility index (Phi) is 7.64. The third kappa shape index (κ3) is 6.22. The maximum absolute atomic E-state index is 12.2. The van der Waals surface area contributed by atoms with E-state index in [0.29, 0.717) is 42.9 Å². The number of benzene rings is 2. The van der Waals surface area contributed by atoms with E-state index in [1.54, 1.807) is 31.4 Å². The van der Waals surface area contributed by atoms with Crippen LogP contribution in [0.15, 0.2) is 48.5 Å². The molecule has 0 heterocycles. The Bertz CT molecular complexity index is 747. The molecular weight excluding hydrogens is 330 g/mol. The number of methoxy groups -OCH3 is 1. The van der Waals surface area contributed by atoms with Gasteiger partial charge in [-0.05, 0) is 42.7 Å². The molecule has 26 heavy (non-hydrogen) atoms. The lowest BCUT2D eigenvalue weighted by molar-refractivity contribution is -0.116. The standard InChI is InChI=1S/C20H25N3O3/c1-26-13-5-12-22-20(25)16-7-4-8-17(14-16)23-19(24)11-10-15-6-2-3-9-18(15)21/h2-4,6-9,14H,5,10-13,21H2,1H3,(H,22,25)(H,23,24). The van der Waals surface area contributed by atoms with Gasteiger partial charge < -0.3 is 21.1 Å². The molecule has 2 amide bonds. The molecule has 0 aromatic heterocycles. The van der Waals surface area contributed by atoms with Crippen LogP contribution in [0, 0.1) is 0 Å². The molecule has 0 aliphatic rings. The molecule has 0 atom stereocenters. The molecule has 0 spiro atoms. The molecule has 4 N–H and O–H groups in total. The molecule has 0 aliphatic carbocycles. The van der Waals surface area contributed by atoms with Gasteiger partial charge in [0.2, 0.25) is 5.91 Å². The number of ether oxygens (including phenoxy) is 1. The first-order valence-electron chi connectivity index (χ1n) is 8.60. The number of aryl methyl sites for hydroxylation is 1. The molecule has 0 radical (unpaired) electrons. The summed E-state index contributed by atoms with van der Waals surface area (Å²) in [7, 11) is 1.63. The van der Waals surface area contributed by atoms with Crippen LogP contribution in [0.3, 0.4) is 0 Å². The summed E-state index contributed by atoms with van der Waals surface area (Å²) in [6.45, 7) is 1.14. The molecule has 0 aliphatic heterocycles. The van der Waals surface area contributed by atoms with Gasteiger partial charge in [0, 0.05) is 43.6 Å². The first-order chi connectivity index (χ1) is 12.6. The van der Waals surface area contributed by atoms with Crippen LogP contribution in [0.1, 0.15) is 28.8 Å². The number of hydrogen-bond acceptors (Lipinski definition) is 4. The predicted molar refractivity (Wildman–Crippen MR) is 103 cm³/mol. The average molecular weight is 355 g/mol. The number of carbonyl (C=O) groups is 2. The molecule has 2 aromatic carbocycles. The normalized spacial score (nSPS) is 10.3. The highest BCUT2D eigenvalue weighted by Crippen LogP contribution is 2.14. The Labute approximate surface area is 153 Å². The monoisotopic (exact) mass is 355 g/mol. The Morgan fingerprint density at radius 2 is 1.92 bits per heavy atom. The Morgan fingerprint density at radius 3 is 2.69 bits per heavy atom. The topological polar surface area (TPSA) is 93.5 Å². The number of para-hydroxylation sites is 1. The summed E-state index contributed by atoms with van der Waals surface area (Å²) in [6, 6.07) is 14.4. The molecular formula is C20H25N3O3. The summed E-state index contributed by atoms with van der Waals surface area (Å²) in [5.74, 6) is -0.292. The van der Waals surface area contributed by atoms with Crippen LogP contribution in [-0.2, 0) is 16.0 Å². The number of amides is 2. The largest absolute Gasteiger partial charge is 0.399 e. The Morgan fingerprint density at radius 1 is 1.12 bits per heavy atom. The van der Waals surface area contributed by atoms with Crippen molar-refractivity contribution in [2.75, 3.05) is 31.3 Å². The van der Waals surface area contributed by atoms with E-state index in [0.717, 1.165) is 12.0 Å². The number of hydrogen-bond donors (Lipinski definition) is 3. The number of anilines is 2. The van der Waals surface area contributed by atoms with Crippen LogP contribution in [0.4, 0.5) is 11.4 Å². The molecule has 138 valence electrons. The average Bonchev–Trinajstić information content (AvgIpc) is 2.64. The van der Waals surface area contributed by atoms with Gasteiger partial charge in [-0.15, -0.1) is 0 Å². The number of rotatable bonds is 9. The third-order valence-electron chi connectivity index (χ3n) is 3.90. The van der Waals surface area contributed by atoms with Crippen molar-refractivity contribution in [2.24, 2.45) is 0 Å². The fraction of sp³-hybridized carbons (Fsp3) is 0.300. The van der Waals surface area contributed by atoms with Gasteiger partial charge in [-0.1, -0.05) is 24.3 Å². The number of nitrogen functional groups attached to an aromatic ring is 1. The van der Waals surface area contributed by atoms with E-state index in [1.807, 2.05) is 24.3 Å². The van der Waals surface area contributed by atoms with Crippen LogP contribution < -0.4 is 16.4 Å². The van der Waals surface area contributed by atoms with Crippen molar-refractivity contribution in [2.45, 2.75) is 19.3 Å². The molecule has 0 unspecified atom stereocenters. The molecule has 6 nitrogen and oxygen atoms in total. The highest BCUT2D eigenvalue weighted by molar-refractivity contribution is 5.97. The Balaban J connectivity index is 1.86. The van der Waals surface area contributed by atoms with Crippen molar-refractivity contribution in [3.05, 3.63) is 59.7 Å². The molecule has 0 saturated heterocycles. The second-order valence-corrected chi connectivity index (χ2v) is 5.93. The maximum atomic E-state index is 12.2. The molecule has 2 rings (SSSR count). The first kappa shape index (κ1) is 19.5. The number of nitrogens with two attached hydrogens (primary N) is 1. The summed E-state index contributed by atoms with van der Waals surface area (Å²) in [5.41, 5.74) is 8.63. The first-order valence-corrected chi connectivity index (χ1v) is 8.60. The van der Waals surface area contributed by atoms with Crippen LogP contribution in [0.5, 0.6) is 0 Å². The smallest absolute Gasteiger partial charge is 0.251 e. The SMILES string of the molecule is COCCCNC(=O)c1cccc(NC(=O)CCc2ccccc2N)c1. The lowest BCUT2D eigenvalue weighted by Gasteiger charge is -2.09. The van der Waals surface area contributed by atoms with Crippen molar-refractivity contribution >= 4 is 23.2 Å². The van der Waals surface area contributed by atoms with Crippen molar-refractivity contribution in [3.8, 4) is 0 Å². The Hall–Kier alpha value is -2.86. The quantitative estimate of drug-likeness (QED) is 0.476. The van der Waals surface area contributed by atoms with E-state index in [4.69, 9.17) is 10.5 Å². The second-order valence-electron chi connectivity index (χ2n) is 5.93. The zero-order valence-corrected chi connectivity index (χ0v) is 15.0. The van der Waals surface area contributed by atoms with Crippen molar-refractivity contribution in [3.63, 3.8) is 0 Å². The fourth-order valence-corrected chi connectivity index (χ4v) is 2.49. The number of nitrogens with one attached hydrogen (secondary N) is 2. The van der Waals surface area contributed by atoms with Crippen LogP contribution >= 0.6 is 0 Å². The molecule has 6 heteroatoms. The van der Waals surface area contributed by atoms with Crippen molar-refractivity contribution in [1.29, 1.82) is 0 Å². The van der Waals surface area contributed by atoms with Crippen molar-refractivity contribution in [1.82, 2.24) is 5.32 Å². The molecule has 0 saturated carbocycles. The van der Waals surface area contributed by atoms with E-state index in [-0.39, 0.29) is 11.8 Å². The molecule has 0 bridgehead atoms. The molecule has 0 fully saturated rings. The summed E-state index contributed by atoms with van der Waals surface area (Å²) < 4.78 is 4.95. The van der Waals surface area contributed by atoms with E-state index in [1.165, 1.54) is 0 Å². The van der Waals surface area contributed by atoms with Gasteiger partial charge in [0.05, 0.1) is 0 Å².